The number of fused-ring (bicyclic) bond motifs is 2. The highest BCUT2D eigenvalue weighted by Crippen LogP contribution is 2.44. The average molecular weight is 530 g/mol. The SMILES string of the molecule is CNc1c2cc(Cl)c(S(=O)(=O)c3ccc(Br)cc3)c1SCCN=C2N1CCNCC1. The van der Waals surface area contributed by atoms with Crippen molar-refractivity contribution in [2.75, 3.05) is 50.8 Å². The van der Waals surface area contributed by atoms with Crippen molar-refractivity contribution < 1.29 is 8.42 Å². The molecule has 1 saturated heterocycles. The fourth-order valence-electron chi connectivity index (χ4n) is 3.68. The van der Waals surface area contributed by atoms with Crippen LogP contribution in [0.25, 0.3) is 0 Å². The van der Waals surface area contributed by atoms with E-state index in [0.717, 1.165) is 47.7 Å². The van der Waals surface area contributed by atoms with Gasteiger partial charge in [-0.05, 0) is 30.3 Å². The molecule has 4 rings (SSSR count). The lowest BCUT2D eigenvalue weighted by Gasteiger charge is -2.33. The Bertz CT molecular complexity index is 1080. The molecule has 160 valence electrons. The molecular weight excluding hydrogens is 508 g/mol. The normalized spacial score (nSPS) is 17.2. The molecule has 0 aliphatic carbocycles. The summed E-state index contributed by atoms with van der Waals surface area (Å²) in [4.78, 5) is 8.11. The summed E-state index contributed by atoms with van der Waals surface area (Å²) in [6, 6.07) is 8.38. The molecule has 10 heteroatoms. The molecule has 2 N–H and O–H groups in total. The van der Waals surface area contributed by atoms with Crippen LogP contribution in [0.5, 0.6) is 0 Å². The quantitative estimate of drug-likeness (QED) is 0.631. The van der Waals surface area contributed by atoms with Crippen molar-refractivity contribution in [3.63, 3.8) is 0 Å². The molecule has 2 aliphatic heterocycles. The summed E-state index contributed by atoms with van der Waals surface area (Å²) in [5.41, 5.74) is 1.61. The topological polar surface area (TPSA) is 73.8 Å². The zero-order valence-corrected chi connectivity index (χ0v) is 20.4. The highest BCUT2D eigenvalue weighted by molar-refractivity contribution is 9.10. The van der Waals surface area contributed by atoms with Crippen LogP contribution in [0.4, 0.5) is 5.69 Å². The van der Waals surface area contributed by atoms with E-state index in [1.807, 2.05) is 7.05 Å². The molecule has 2 aliphatic rings. The molecule has 0 amide bonds. The van der Waals surface area contributed by atoms with E-state index in [0.29, 0.717) is 17.2 Å². The minimum Gasteiger partial charge on any atom is -0.387 e. The number of amidine groups is 1. The maximum Gasteiger partial charge on any atom is 0.209 e. The number of aliphatic imine (C=N–C) groups is 1. The van der Waals surface area contributed by atoms with Gasteiger partial charge in [-0.1, -0.05) is 27.5 Å². The molecule has 2 aromatic rings. The lowest BCUT2D eigenvalue weighted by molar-refractivity contribution is 0.357. The van der Waals surface area contributed by atoms with Gasteiger partial charge in [0, 0.05) is 49.0 Å². The van der Waals surface area contributed by atoms with Crippen LogP contribution in [0.2, 0.25) is 5.02 Å². The van der Waals surface area contributed by atoms with E-state index in [-0.39, 0.29) is 14.8 Å². The number of anilines is 1. The number of halogens is 2. The van der Waals surface area contributed by atoms with Gasteiger partial charge >= 0.3 is 0 Å². The third-order valence-electron chi connectivity index (χ3n) is 5.09. The fraction of sp³-hybridized carbons (Fsp3) is 0.350. The first-order chi connectivity index (χ1) is 14.4. The lowest BCUT2D eigenvalue weighted by Crippen LogP contribution is -2.47. The van der Waals surface area contributed by atoms with E-state index < -0.39 is 9.84 Å². The maximum atomic E-state index is 13.5. The van der Waals surface area contributed by atoms with Crippen LogP contribution in [0.3, 0.4) is 0 Å². The zero-order valence-electron chi connectivity index (χ0n) is 16.4. The third-order valence-corrected chi connectivity index (χ3v) is 9.10. The van der Waals surface area contributed by atoms with Gasteiger partial charge in [-0.3, -0.25) is 4.99 Å². The van der Waals surface area contributed by atoms with Crippen LogP contribution in [0, 0.1) is 0 Å². The lowest BCUT2D eigenvalue weighted by atomic mass is 10.1. The number of piperazine rings is 1. The Morgan fingerprint density at radius 1 is 1.23 bits per heavy atom. The standard InChI is InChI=1S/C20H22BrClN4O2S2/c1-23-17-15-12-16(22)19(30(27,28)14-4-2-13(21)3-5-14)18(17)29-11-8-25-20(15)26-9-6-24-7-10-26/h2-5,12,23-24H,6-11H2,1H3. The minimum atomic E-state index is -3.79. The molecule has 1 fully saturated rings. The number of hydrogen-bond donors (Lipinski definition) is 2. The highest BCUT2D eigenvalue weighted by Gasteiger charge is 2.31. The molecule has 0 radical (unpaired) electrons. The largest absolute Gasteiger partial charge is 0.387 e. The van der Waals surface area contributed by atoms with Gasteiger partial charge in [0.1, 0.15) is 10.7 Å². The summed E-state index contributed by atoms with van der Waals surface area (Å²) < 4.78 is 27.9. The van der Waals surface area contributed by atoms with Gasteiger partial charge in [-0.2, -0.15) is 0 Å². The van der Waals surface area contributed by atoms with E-state index in [4.69, 9.17) is 16.6 Å². The van der Waals surface area contributed by atoms with Crippen LogP contribution < -0.4 is 10.6 Å². The van der Waals surface area contributed by atoms with Gasteiger partial charge in [0.15, 0.2) is 0 Å². The number of benzene rings is 2. The molecule has 2 bridgehead atoms. The Morgan fingerprint density at radius 2 is 1.93 bits per heavy atom. The molecule has 0 atom stereocenters. The fourth-order valence-corrected chi connectivity index (χ4v) is 7.39. The summed E-state index contributed by atoms with van der Waals surface area (Å²) in [6.45, 7) is 4.09. The van der Waals surface area contributed by atoms with Crippen LogP contribution in [-0.4, -0.2) is 64.7 Å². The Morgan fingerprint density at radius 3 is 2.60 bits per heavy atom. The van der Waals surface area contributed by atoms with E-state index in [2.05, 4.69) is 31.5 Å². The van der Waals surface area contributed by atoms with Crippen LogP contribution >= 0.6 is 39.3 Å². The van der Waals surface area contributed by atoms with Gasteiger partial charge in [0.05, 0.1) is 27.0 Å². The second-order valence-electron chi connectivity index (χ2n) is 6.94. The molecule has 2 heterocycles. The predicted molar refractivity (Wildman–Crippen MR) is 127 cm³/mol. The van der Waals surface area contributed by atoms with E-state index in [9.17, 15) is 8.42 Å². The molecule has 30 heavy (non-hydrogen) atoms. The molecule has 0 unspecified atom stereocenters. The second kappa shape index (κ2) is 9.08. The summed E-state index contributed by atoms with van der Waals surface area (Å²) in [7, 11) is -1.98. The number of nitrogens with zero attached hydrogens (tertiary/aromatic N) is 2. The molecule has 0 saturated carbocycles. The first-order valence-electron chi connectivity index (χ1n) is 9.61. The number of thioether (sulfide) groups is 1. The molecule has 6 nitrogen and oxygen atoms in total. The number of hydrogen-bond acceptors (Lipinski definition) is 7. The van der Waals surface area contributed by atoms with Crippen molar-refractivity contribution in [3.8, 4) is 0 Å². The Balaban J connectivity index is 1.90. The van der Waals surface area contributed by atoms with Gasteiger partial charge in [0.2, 0.25) is 9.84 Å². The Hall–Kier alpha value is -1.26. The summed E-state index contributed by atoms with van der Waals surface area (Å²) in [6.07, 6.45) is 0. The third kappa shape index (κ3) is 4.10. The summed E-state index contributed by atoms with van der Waals surface area (Å²) in [5.74, 6) is 1.55. The maximum absolute atomic E-state index is 13.5. The van der Waals surface area contributed by atoms with E-state index >= 15 is 0 Å². The highest BCUT2D eigenvalue weighted by atomic mass is 79.9. The van der Waals surface area contributed by atoms with Gasteiger partial charge in [0.25, 0.3) is 0 Å². The van der Waals surface area contributed by atoms with Crippen molar-refractivity contribution in [1.82, 2.24) is 10.2 Å². The molecule has 0 aromatic heterocycles. The number of rotatable bonds is 3. The first kappa shape index (κ1) is 22.0. The molecule has 0 spiro atoms. The van der Waals surface area contributed by atoms with E-state index in [1.165, 1.54) is 11.8 Å². The van der Waals surface area contributed by atoms with Crippen LogP contribution in [0.15, 0.2) is 54.5 Å². The zero-order chi connectivity index (χ0) is 21.3. The summed E-state index contributed by atoms with van der Waals surface area (Å²) in [5, 5.41) is 6.80. The number of nitrogens with one attached hydrogen (secondary N) is 2. The molecular formula is C20H22BrClN4O2S2. The Kier molecular flexibility index (Phi) is 6.64. The number of sulfone groups is 1. The van der Waals surface area contributed by atoms with E-state index in [1.54, 1.807) is 30.3 Å². The van der Waals surface area contributed by atoms with Crippen LogP contribution in [0.1, 0.15) is 5.56 Å². The smallest absolute Gasteiger partial charge is 0.209 e. The second-order valence-corrected chi connectivity index (χ2v) is 11.3. The first-order valence-corrected chi connectivity index (χ1v) is 13.3. The van der Waals surface area contributed by atoms with Crippen molar-refractivity contribution in [1.29, 1.82) is 0 Å². The predicted octanol–water partition coefficient (Wildman–Crippen LogP) is 3.73. The van der Waals surface area contributed by atoms with Gasteiger partial charge in [-0.25, -0.2) is 8.42 Å². The van der Waals surface area contributed by atoms with Gasteiger partial charge < -0.3 is 15.5 Å². The molecule has 2 aromatic carbocycles. The van der Waals surface area contributed by atoms with Crippen molar-refractivity contribution in [2.24, 2.45) is 4.99 Å². The van der Waals surface area contributed by atoms with Gasteiger partial charge in [-0.15, -0.1) is 11.8 Å². The minimum absolute atomic E-state index is 0.158. The van der Waals surface area contributed by atoms with Crippen LogP contribution in [-0.2, 0) is 9.84 Å². The Labute approximate surface area is 194 Å². The average Bonchev–Trinajstić information content (AvgIpc) is 2.73. The van der Waals surface area contributed by atoms with Crippen molar-refractivity contribution in [3.05, 3.63) is 45.4 Å². The van der Waals surface area contributed by atoms with Crippen molar-refractivity contribution >= 4 is 60.7 Å². The monoisotopic (exact) mass is 528 g/mol. The summed E-state index contributed by atoms with van der Waals surface area (Å²) >= 11 is 11.5. The van der Waals surface area contributed by atoms with Crippen molar-refractivity contribution in [2.45, 2.75) is 14.7 Å².